The quantitative estimate of drug-likeness (QED) is 0.786. The van der Waals surface area contributed by atoms with Crippen molar-refractivity contribution in [2.24, 2.45) is 0 Å². The lowest BCUT2D eigenvalue weighted by atomic mass is 10.3. The summed E-state index contributed by atoms with van der Waals surface area (Å²) in [5.41, 5.74) is 1.54. The zero-order chi connectivity index (χ0) is 12.4. The van der Waals surface area contributed by atoms with E-state index < -0.39 is 0 Å². The van der Waals surface area contributed by atoms with Gasteiger partial charge in [-0.25, -0.2) is 9.97 Å². The highest BCUT2D eigenvalue weighted by molar-refractivity contribution is 6.30. The Morgan fingerprint density at radius 2 is 2.00 bits per heavy atom. The molecule has 0 radical (unpaired) electrons. The van der Waals surface area contributed by atoms with Crippen molar-refractivity contribution in [1.82, 2.24) is 15.0 Å². The first kappa shape index (κ1) is 11.0. The van der Waals surface area contributed by atoms with Crippen LogP contribution in [0.2, 0.25) is 5.15 Å². The average molecular weight is 260 g/mol. The second-order valence-electron chi connectivity index (χ2n) is 3.80. The number of benzene rings is 1. The Labute approximate surface area is 109 Å². The van der Waals surface area contributed by atoms with E-state index in [9.17, 15) is 0 Å². The summed E-state index contributed by atoms with van der Waals surface area (Å²) in [6.07, 6.45) is 1.50. The zero-order valence-electron chi connectivity index (χ0n) is 9.43. The third-order valence-corrected chi connectivity index (χ3v) is 2.80. The van der Waals surface area contributed by atoms with Gasteiger partial charge in [0.25, 0.3) is 0 Å². The summed E-state index contributed by atoms with van der Waals surface area (Å²) in [6, 6.07) is 11.4. The third kappa shape index (κ3) is 2.15. The van der Waals surface area contributed by atoms with Crippen molar-refractivity contribution in [3.63, 3.8) is 0 Å². The number of para-hydroxylation sites is 1. The van der Waals surface area contributed by atoms with E-state index in [4.69, 9.17) is 16.3 Å². The van der Waals surface area contributed by atoms with Gasteiger partial charge in [0.05, 0.1) is 5.69 Å². The van der Waals surface area contributed by atoms with Crippen LogP contribution in [0.15, 0.2) is 42.7 Å². The summed E-state index contributed by atoms with van der Waals surface area (Å²) < 4.78 is 5.66. The fourth-order valence-electron chi connectivity index (χ4n) is 1.74. The topological polar surface area (TPSA) is 50.8 Å². The molecule has 0 saturated carbocycles. The number of H-pyrrole nitrogens is 1. The molecular weight excluding hydrogens is 250 g/mol. The zero-order valence-corrected chi connectivity index (χ0v) is 10.2. The van der Waals surface area contributed by atoms with E-state index >= 15 is 0 Å². The number of nitrogens with zero attached hydrogens (tertiary/aromatic N) is 2. The molecule has 0 spiro atoms. The molecule has 0 fully saturated rings. The fraction of sp³-hybridized carbons (Fsp3) is 0.0769. The number of aromatic nitrogens is 3. The van der Waals surface area contributed by atoms with Crippen LogP contribution in [0.5, 0.6) is 5.75 Å². The number of rotatable bonds is 3. The summed E-state index contributed by atoms with van der Waals surface area (Å²) in [7, 11) is 0. The van der Waals surface area contributed by atoms with Crippen molar-refractivity contribution >= 4 is 22.6 Å². The van der Waals surface area contributed by atoms with Gasteiger partial charge < -0.3 is 9.72 Å². The maximum atomic E-state index is 5.91. The minimum absolute atomic E-state index is 0.386. The molecule has 5 heteroatoms. The van der Waals surface area contributed by atoms with E-state index in [1.807, 2.05) is 30.3 Å². The number of halogens is 1. The lowest BCUT2D eigenvalue weighted by Gasteiger charge is -2.05. The standard InChI is InChI=1S/C13H10ClN3O/c14-12-6-10-11(15-8-16-13(10)17-12)7-18-9-4-2-1-3-5-9/h1-6,8H,7H2,(H,15,16,17). The number of nitrogens with one attached hydrogen (secondary N) is 1. The summed E-state index contributed by atoms with van der Waals surface area (Å²) in [5.74, 6) is 0.811. The minimum Gasteiger partial charge on any atom is -0.487 e. The van der Waals surface area contributed by atoms with Gasteiger partial charge in [0.15, 0.2) is 0 Å². The van der Waals surface area contributed by atoms with E-state index in [1.165, 1.54) is 6.33 Å². The molecule has 1 N–H and O–H groups in total. The lowest BCUT2D eigenvalue weighted by molar-refractivity contribution is 0.303. The van der Waals surface area contributed by atoms with Crippen LogP contribution in [0.1, 0.15) is 5.69 Å². The van der Waals surface area contributed by atoms with Crippen molar-refractivity contribution in [3.05, 3.63) is 53.6 Å². The molecule has 0 aliphatic heterocycles. The predicted molar refractivity (Wildman–Crippen MR) is 69.7 cm³/mol. The van der Waals surface area contributed by atoms with Gasteiger partial charge >= 0.3 is 0 Å². The molecule has 2 heterocycles. The van der Waals surface area contributed by atoms with Gasteiger partial charge in [-0.05, 0) is 18.2 Å². The van der Waals surface area contributed by atoms with Crippen LogP contribution in [0.3, 0.4) is 0 Å². The van der Waals surface area contributed by atoms with E-state index in [1.54, 1.807) is 6.07 Å². The van der Waals surface area contributed by atoms with Gasteiger partial charge in [0, 0.05) is 5.39 Å². The van der Waals surface area contributed by atoms with Crippen molar-refractivity contribution in [3.8, 4) is 5.75 Å². The first-order valence-corrected chi connectivity index (χ1v) is 5.86. The monoisotopic (exact) mass is 259 g/mol. The summed E-state index contributed by atoms with van der Waals surface area (Å²) >= 11 is 5.91. The molecule has 1 aromatic carbocycles. The highest BCUT2D eigenvalue weighted by Gasteiger charge is 2.07. The summed E-state index contributed by atoms with van der Waals surface area (Å²) in [6.45, 7) is 0.386. The van der Waals surface area contributed by atoms with Crippen LogP contribution >= 0.6 is 11.6 Å². The largest absolute Gasteiger partial charge is 0.487 e. The van der Waals surface area contributed by atoms with Crippen molar-refractivity contribution in [2.45, 2.75) is 6.61 Å². The number of hydrogen-bond donors (Lipinski definition) is 1. The summed E-state index contributed by atoms with van der Waals surface area (Å²) in [5, 5.41) is 1.44. The highest BCUT2D eigenvalue weighted by Crippen LogP contribution is 2.20. The third-order valence-electron chi connectivity index (χ3n) is 2.59. The van der Waals surface area contributed by atoms with E-state index in [0.717, 1.165) is 22.5 Å². The Bertz CT molecular complexity index is 666. The van der Waals surface area contributed by atoms with Crippen LogP contribution in [0, 0.1) is 0 Å². The van der Waals surface area contributed by atoms with Crippen molar-refractivity contribution in [1.29, 1.82) is 0 Å². The second-order valence-corrected chi connectivity index (χ2v) is 4.21. The normalized spacial score (nSPS) is 10.7. The van der Waals surface area contributed by atoms with Gasteiger partial charge in [0.1, 0.15) is 29.5 Å². The highest BCUT2D eigenvalue weighted by atomic mass is 35.5. The Kier molecular flexibility index (Phi) is 2.86. The molecule has 0 atom stereocenters. The number of fused-ring (bicyclic) bond motifs is 1. The Balaban J connectivity index is 1.86. The van der Waals surface area contributed by atoms with Gasteiger partial charge in [-0.2, -0.15) is 0 Å². The molecular formula is C13H10ClN3O. The average Bonchev–Trinajstić information content (AvgIpc) is 2.78. The summed E-state index contributed by atoms with van der Waals surface area (Å²) in [4.78, 5) is 11.3. The molecule has 2 aromatic heterocycles. The smallest absolute Gasteiger partial charge is 0.142 e. The molecule has 0 amide bonds. The lowest BCUT2D eigenvalue weighted by Crippen LogP contribution is -1.99. The Hall–Kier alpha value is -2.07. The van der Waals surface area contributed by atoms with Gasteiger partial charge in [-0.1, -0.05) is 29.8 Å². The van der Waals surface area contributed by atoms with Gasteiger partial charge in [-0.15, -0.1) is 0 Å². The Morgan fingerprint density at radius 1 is 1.17 bits per heavy atom. The fourth-order valence-corrected chi connectivity index (χ4v) is 1.94. The van der Waals surface area contributed by atoms with Crippen LogP contribution in [-0.4, -0.2) is 15.0 Å². The number of hydrogen-bond acceptors (Lipinski definition) is 3. The van der Waals surface area contributed by atoms with Gasteiger partial charge in [0.2, 0.25) is 0 Å². The van der Waals surface area contributed by atoms with Crippen molar-refractivity contribution in [2.75, 3.05) is 0 Å². The Morgan fingerprint density at radius 3 is 2.83 bits per heavy atom. The number of aromatic amines is 1. The molecule has 90 valence electrons. The number of ether oxygens (including phenoxy) is 1. The van der Waals surface area contributed by atoms with Crippen LogP contribution in [0.4, 0.5) is 0 Å². The minimum atomic E-state index is 0.386. The molecule has 18 heavy (non-hydrogen) atoms. The van der Waals surface area contributed by atoms with Crippen LogP contribution in [-0.2, 0) is 6.61 Å². The SMILES string of the molecule is Clc1cc2c(COc3ccccc3)ncnc2[nH]1. The molecule has 0 bridgehead atoms. The molecule has 3 rings (SSSR count). The first-order chi connectivity index (χ1) is 8.83. The molecule has 0 aliphatic carbocycles. The maximum absolute atomic E-state index is 5.91. The maximum Gasteiger partial charge on any atom is 0.142 e. The van der Waals surface area contributed by atoms with Gasteiger partial charge in [-0.3, -0.25) is 0 Å². The molecule has 0 saturated heterocycles. The molecule has 0 aliphatic rings. The molecule has 0 unspecified atom stereocenters. The van der Waals surface area contributed by atoms with E-state index in [-0.39, 0.29) is 0 Å². The van der Waals surface area contributed by atoms with E-state index in [2.05, 4.69) is 15.0 Å². The molecule has 3 aromatic rings. The first-order valence-electron chi connectivity index (χ1n) is 5.49. The van der Waals surface area contributed by atoms with Crippen LogP contribution < -0.4 is 4.74 Å². The molecule has 4 nitrogen and oxygen atoms in total. The second kappa shape index (κ2) is 4.66. The predicted octanol–water partition coefficient (Wildman–Crippen LogP) is 3.19. The van der Waals surface area contributed by atoms with Crippen molar-refractivity contribution < 1.29 is 4.74 Å². The van der Waals surface area contributed by atoms with Crippen LogP contribution in [0.25, 0.3) is 11.0 Å². The van der Waals surface area contributed by atoms with E-state index in [0.29, 0.717) is 11.8 Å².